The summed E-state index contributed by atoms with van der Waals surface area (Å²) < 4.78 is 7.65. The van der Waals surface area contributed by atoms with Crippen molar-refractivity contribution in [3.8, 4) is 0 Å². The van der Waals surface area contributed by atoms with Gasteiger partial charge in [-0.2, -0.15) is 5.10 Å². The molecule has 0 N–H and O–H groups in total. The van der Waals surface area contributed by atoms with Gasteiger partial charge in [0, 0.05) is 20.9 Å². The molecule has 3 nitrogen and oxygen atoms in total. The molecule has 0 radical (unpaired) electrons. The molecule has 0 saturated carbocycles. The van der Waals surface area contributed by atoms with Gasteiger partial charge in [0.2, 0.25) is 0 Å². The highest BCUT2D eigenvalue weighted by molar-refractivity contribution is 6.76. The van der Waals surface area contributed by atoms with Gasteiger partial charge >= 0.3 is 0 Å². The Morgan fingerprint density at radius 2 is 2.21 bits per heavy atom. The Kier molecular flexibility index (Phi) is 4.99. The van der Waals surface area contributed by atoms with Gasteiger partial charge in [-0.3, -0.25) is 0 Å². The molecule has 0 aliphatic heterocycles. The summed E-state index contributed by atoms with van der Waals surface area (Å²) in [6.45, 7) is 8.57. The minimum absolute atomic E-state index is 0.590. The summed E-state index contributed by atoms with van der Waals surface area (Å²) in [6.07, 6.45) is 12.3. The van der Waals surface area contributed by atoms with E-state index in [-0.39, 0.29) is 0 Å². The van der Waals surface area contributed by atoms with E-state index in [1.54, 1.807) is 0 Å². The number of ether oxygens (including phenoxy) is 1. The first-order valence-corrected chi connectivity index (χ1v) is 11.0. The minimum atomic E-state index is -0.979. The molecule has 2 rings (SSSR count). The maximum atomic E-state index is 5.72. The number of hydrogen-bond acceptors (Lipinski definition) is 2. The normalized spacial score (nSPS) is 19.8. The SMILES string of the molecule is C[Si](C)(C)CCOCn1cc(C2CC=CCC2)cn1. The Balaban J connectivity index is 1.76. The van der Waals surface area contributed by atoms with E-state index in [2.05, 4.69) is 43.1 Å². The van der Waals surface area contributed by atoms with Crippen LogP contribution >= 0.6 is 0 Å². The molecule has 0 bridgehead atoms. The van der Waals surface area contributed by atoms with Crippen LogP contribution in [0.5, 0.6) is 0 Å². The van der Waals surface area contributed by atoms with Crippen LogP contribution < -0.4 is 0 Å². The summed E-state index contributed by atoms with van der Waals surface area (Å²) in [6, 6.07) is 1.22. The van der Waals surface area contributed by atoms with Gasteiger partial charge in [-0.05, 0) is 36.8 Å². The first-order chi connectivity index (χ1) is 9.04. The fourth-order valence-corrected chi connectivity index (χ4v) is 3.05. The third-order valence-electron chi connectivity index (χ3n) is 3.61. The quantitative estimate of drug-likeness (QED) is 0.446. The fourth-order valence-electron chi connectivity index (χ4n) is 2.29. The van der Waals surface area contributed by atoms with Gasteiger partial charge in [0.25, 0.3) is 0 Å². The average Bonchev–Trinajstić information content (AvgIpc) is 2.83. The summed E-state index contributed by atoms with van der Waals surface area (Å²) in [7, 11) is -0.979. The lowest BCUT2D eigenvalue weighted by Crippen LogP contribution is -2.22. The summed E-state index contributed by atoms with van der Waals surface area (Å²) >= 11 is 0. The van der Waals surface area contributed by atoms with Crippen molar-refractivity contribution >= 4 is 8.07 Å². The van der Waals surface area contributed by atoms with Crippen molar-refractivity contribution in [3.63, 3.8) is 0 Å². The van der Waals surface area contributed by atoms with Crippen molar-refractivity contribution in [3.05, 3.63) is 30.1 Å². The highest BCUT2D eigenvalue weighted by atomic mass is 28.3. The van der Waals surface area contributed by atoms with E-state index in [1.807, 2.05) is 10.9 Å². The third-order valence-corrected chi connectivity index (χ3v) is 5.32. The van der Waals surface area contributed by atoms with Crippen molar-refractivity contribution in [2.75, 3.05) is 6.61 Å². The first-order valence-electron chi connectivity index (χ1n) is 7.30. The van der Waals surface area contributed by atoms with Crippen molar-refractivity contribution in [2.45, 2.75) is 57.6 Å². The van der Waals surface area contributed by atoms with E-state index in [0.717, 1.165) is 13.0 Å². The summed E-state index contributed by atoms with van der Waals surface area (Å²) in [4.78, 5) is 0. The molecule has 0 amide bonds. The van der Waals surface area contributed by atoms with E-state index >= 15 is 0 Å². The smallest absolute Gasteiger partial charge is 0.139 e. The van der Waals surface area contributed by atoms with Crippen molar-refractivity contribution < 1.29 is 4.74 Å². The standard InChI is InChI=1S/C15H26N2OSi/c1-19(2,3)10-9-18-13-17-12-15(11-16-17)14-7-5-4-6-8-14/h4-5,11-12,14H,6-10,13H2,1-3H3. The monoisotopic (exact) mass is 278 g/mol. The molecule has 1 unspecified atom stereocenters. The number of allylic oxidation sites excluding steroid dienone is 2. The Morgan fingerprint density at radius 3 is 2.89 bits per heavy atom. The number of rotatable bonds is 6. The summed E-state index contributed by atoms with van der Waals surface area (Å²) in [5.74, 6) is 0.653. The zero-order valence-corrected chi connectivity index (χ0v) is 13.4. The first kappa shape index (κ1) is 14.5. The molecule has 0 fully saturated rings. The van der Waals surface area contributed by atoms with E-state index in [0.29, 0.717) is 12.6 Å². The molecule has 1 aliphatic rings. The lowest BCUT2D eigenvalue weighted by molar-refractivity contribution is 0.0785. The van der Waals surface area contributed by atoms with Crippen molar-refractivity contribution in [1.82, 2.24) is 9.78 Å². The topological polar surface area (TPSA) is 27.1 Å². The molecule has 4 heteroatoms. The highest BCUT2D eigenvalue weighted by Gasteiger charge is 2.14. The van der Waals surface area contributed by atoms with Crippen molar-refractivity contribution in [2.24, 2.45) is 0 Å². The molecule has 1 heterocycles. The molecule has 1 atom stereocenters. The minimum Gasteiger partial charge on any atom is -0.360 e. The van der Waals surface area contributed by atoms with Crippen LogP contribution in [0.1, 0.15) is 30.7 Å². The second-order valence-corrected chi connectivity index (χ2v) is 12.3. The van der Waals surface area contributed by atoms with Crippen LogP contribution in [0.2, 0.25) is 25.7 Å². The number of aromatic nitrogens is 2. The van der Waals surface area contributed by atoms with Crippen LogP contribution in [0.15, 0.2) is 24.5 Å². The van der Waals surface area contributed by atoms with E-state index in [4.69, 9.17) is 4.74 Å². The molecule has 0 spiro atoms. The number of hydrogen-bond donors (Lipinski definition) is 0. The van der Waals surface area contributed by atoms with Crippen LogP contribution in [0.25, 0.3) is 0 Å². The number of nitrogens with zero attached hydrogens (tertiary/aromatic N) is 2. The maximum Gasteiger partial charge on any atom is 0.139 e. The molecular weight excluding hydrogens is 252 g/mol. The van der Waals surface area contributed by atoms with Crippen LogP contribution in [0.4, 0.5) is 0 Å². The van der Waals surface area contributed by atoms with Gasteiger partial charge in [0.05, 0.1) is 6.20 Å². The van der Waals surface area contributed by atoms with E-state index < -0.39 is 8.07 Å². The van der Waals surface area contributed by atoms with Crippen molar-refractivity contribution in [1.29, 1.82) is 0 Å². The molecule has 0 saturated heterocycles. The molecule has 1 aliphatic carbocycles. The van der Waals surface area contributed by atoms with Crippen LogP contribution in [-0.2, 0) is 11.5 Å². The van der Waals surface area contributed by atoms with Crippen LogP contribution in [-0.4, -0.2) is 24.5 Å². The average molecular weight is 278 g/mol. The lowest BCUT2D eigenvalue weighted by Gasteiger charge is -2.16. The van der Waals surface area contributed by atoms with Crippen LogP contribution in [0.3, 0.4) is 0 Å². The van der Waals surface area contributed by atoms with E-state index in [1.165, 1.54) is 24.4 Å². The summed E-state index contributed by atoms with van der Waals surface area (Å²) in [5, 5.41) is 4.40. The van der Waals surface area contributed by atoms with Gasteiger partial charge in [-0.1, -0.05) is 31.8 Å². The van der Waals surface area contributed by atoms with Gasteiger partial charge in [-0.25, -0.2) is 4.68 Å². The Labute approximate surface area is 117 Å². The second-order valence-electron chi connectivity index (χ2n) is 6.64. The van der Waals surface area contributed by atoms with Gasteiger partial charge in [0.1, 0.15) is 6.73 Å². The molecule has 1 aromatic heterocycles. The zero-order chi connectivity index (χ0) is 13.7. The summed E-state index contributed by atoms with van der Waals surface area (Å²) in [5.41, 5.74) is 1.36. The Hall–Kier alpha value is -0.873. The van der Waals surface area contributed by atoms with Gasteiger partial charge < -0.3 is 4.74 Å². The zero-order valence-electron chi connectivity index (χ0n) is 12.4. The Morgan fingerprint density at radius 1 is 1.37 bits per heavy atom. The van der Waals surface area contributed by atoms with E-state index in [9.17, 15) is 0 Å². The third kappa shape index (κ3) is 4.95. The van der Waals surface area contributed by atoms with Crippen LogP contribution in [0, 0.1) is 0 Å². The largest absolute Gasteiger partial charge is 0.360 e. The van der Waals surface area contributed by atoms with Gasteiger partial charge in [-0.15, -0.1) is 0 Å². The molecule has 0 aromatic carbocycles. The van der Waals surface area contributed by atoms with Gasteiger partial charge in [0.15, 0.2) is 0 Å². The lowest BCUT2D eigenvalue weighted by atomic mass is 9.90. The highest BCUT2D eigenvalue weighted by Crippen LogP contribution is 2.28. The fraction of sp³-hybridized carbons (Fsp3) is 0.667. The predicted molar refractivity (Wildman–Crippen MR) is 82.1 cm³/mol. The molecule has 106 valence electrons. The molecular formula is C15H26N2OSi. The Bertz CT molecular complexity index is 420. The molecule has 19 heavy (non-hydrogen) atoms. The predicted octanol–water partition coefficient (Wildman–Crippen LogP) is 4.02. The molecule has 1 aromatic rings. The maximum absolute atomic E-state index is 5.72. The second kappa shape index (κ2) is 6.53.